The van der Waals surface area contributed by atoms with Gasteiger partial charge in [-0.1, -0.05) is 12.1 Å². The third-order valence-electron chi connectivity index (χ3n) is 2.43. The average Bonchev–Trinajstić information content (AvgIpc) is 2.74. The van der Waals surface area contributed by atoms with Gasteiger partial charge in [0.05, 0.1) is 17.6 Å². The lowest BCUT2D eigenvalue weighted by Crippen LogP contribution is -2.16. The Labute approximate surface area is 110 Å². The molecule has 0 aliphatic carbocycles. The highest BCUT2D eigenvalue weighted by molar-refractivity contribution is 6.09. The molecular formula is C13H14N4O2. The van der Waals surface area contributed by atoms with Crippen molar-refractivity contribution in [3.63, 3.8) is 0 Å². The number of carbonyl (C=O) groups is 2. The molecule has 2 amide bonds. The summed E-state index contributed by atoms with van der Waals surface area (Å²) in [5.41, 5.74) is 0.867. The van der Waals surface area contributed by atoms with Gasteiger partial charge in [0.1, 0.15) is 0 Å². The molecule has 0 bridgehead atoms. The van der Waals surface area contributed by atoms with E-state index in [1.807, 2.05) is 7.05 Å². The lowest BCUT2D eigenvalue weighted by Gasteiger charge is -2.08. The first-order chi connectivity index (χ1) is 9.06. The molecule has 0 atom stereocenters. The second kappa shape index (κ2) is 5.34. The summed E-state index contributed by atoms with van der Waals surface area (Å²) in [5, 5.41) is 5.29. The summed E-state index contributed by atoms with van der Waals surface area (Å²) in [6, 6.07) is 6.81. The van der Waals surface area contributed by atoms with E-state index in [4.69, 9.17) is 0 Å². The summed E-state index contributed by atoms with van der Waals surface area (Å²) < 4.78 is 1.73. The Morgan fingerprint density at radius 1 is 1.21 bits per heavy atom. The zero-order valence-corrected chi connectivity index (χ0v) is 10.7. The van der Waals surface area contributed by atoms with Gasteiger partial charge in [0.25, 0.3) is 5.91 Å². The molecule has 6 nitrogen and oxygen atoms in total. The lowest BCUT2D eigenvalue weighted by atomic mass is 10.1. The Balaban J connectivity index is 2.21. The first kappa shape index (κ1) is 12.8. The number of nitrogens with one attached hydrogen (secondary N) is 2. The maximum absolute atomic E-state index is 12.1. The molecule has 0 saturated heterocycles. The number of para-hydroxylation sites is 1. The lowest BCUT2D eigenvalue weighted by molar-refractivity contribution is -0.114. The van der Waals surface area contributed by atoms with Crippen LogP contribution in [-0.4, -0.2) is 21.4 Å². The molecule has 0 radical (unpaired) electrons. The normalized spacial score (nSPS) is 10.0. The van der Waals surface area contributed by atoms with Crippen LogP contribution in [0, 0.1) is 0 Å². The van der Waals surface area contributed by atoms with E-state index in [1.165, 1.54) is 6.92 Å². The summed E-state index contributed by atoms with van der Waals surface area (Å²) >= 11 is 0. The van der Waals surface area contributed by atoms with Crippen molar-refractivity contribution < 1.29 is 9.59 Å². The number of aromatic nitrogens is 2. The number of anilines is 2. The molecule has 0 spiro atoms. The standard InChI is InChI=1S/C13H14N4O2/c1-9(18)15-11-6-4-3-5-10(11)13(19)16-12-7-17(2)8-14-12/h3-8H,1-2H3,(H,15,18)(H,16,19). The minimum Gasteiger partial charge on any atom is -0.338 e. The summed E-state index contributed by atoms with van der Waals surface area (Å²) in [6.07, 6.45) is 3.29. The molecule has 1 aromatic carbocycles. The van der Waals surface area contributed by atoms with Gasteiger partial charge in [-0.25, -0.2) is 4.98 Å². The van der Waals surface area contributed by atoms with Crippen LogP contribution in [0.2, 0.25) is 0 Å². The van der Waals surface area contributed by atoms with Gasteiger partial charge in [-0.2, -0.15) is 0 Å². The van der Waals surface area contributed by atoms with Gasteiger partial charge < -0.3 is 15.2 Å². The summed E-state index contributed by atoms with van der Waals surface area (Å²) in [4.78, 5) is 27.2. The number of hydrogen-bond donors (Lipinski definition) is 2. The third kappa shape index (κ3) is 3.19. The van der Waals surface area contributed by atoms with E-state index in [0.717, 1.165) is 0 Å². The van der Waals surface area contributed by atoms with Crippen LogP contribution < -0.4 is 10.6 Å². The van der Waals surface area contributed by atoms with Crippen molar-refractivity contribution in [2.45, 2.75) is 6.92 Å². The van der Waals surface area contributed by atoms with Crippen LogP contribution in [0.15, 0.2) is 36.8 Å². The maximum Gasteiger partial charge on any atom is 0.258 e. The van der Waals surface area contributed by atoms with Gasteiger partial charge in [0.2, 0.25) is 5.91 Å². The third-order valence-corrected chi connectivity index (χ3v) is 2.43. The maximum atomic E-state index is 12.1. The Hall–Kier alpha value is -2.63. The molecule has 1 heterocycles. The van der Waals surface area contributed by atoms with E-state index in [9.17, 15) is 9.59 Å². The molecule has 0 aliphatic heterocycles. The largest absolute Gasteiger partial charge is 0.338 e. The number of rotatable bonds is 3. The molecule has 0 saturated carbocycles. The van der Waals surface area contributed by atoms with Crippen LogP contribution in [0.3, 0.4) is 0 Å². The van der Waals surface area contributed by atoms with Crippen molar-refractivity contribution >= 4 is 23.3 Å². The first-order valence-electron chi connectivity index (χ1n) is 5.72. The van der Waals surface area contributed by atoms with Gasteiger partial charge in [-0.3, -0.25) is 9.59 Å². The zero-order chi connectivity index (χ0) is 13.8. The van der Waals surface area contributed by atoms with Crippen molar-refractivity contribution in [3.8, 4) is 0 Å². The van der Waals surface area contributed by atoms with Gasteiger partial charge in [0, 0.05) is 20.2 Å². The molecular weight excluding hydrogens is 244 g/mol. The smallest absolute Gasteiger partial charge is 0.258 e. The number of nitrogens with zero attached hydrogens (tertiary/aromatic N) is 2. The van der Waals surface area contributed by atoms with E-state index in [2.05, 4.69) is 15.6 Å². The summed E-state index contributed by atoms with van der Waals surface area (Å²) in [7, 11) is 1.81. The topological polar surface area (TPSA) is 76.0 Å². The van der Waals surface area contributed by atoms with Crippen LogP contribution in [0.1, 0.15) is 17.3 Å². The Morgan fingerprint density at radius 2 is 1.95 bits per heavy atom. The first-order valence-corrected chi connectivity index (χ1v) is 5.72. The predicted octanol–water partition coefficient (Wildman–Crippen LogP) is 1.63. The van der Waals surface area contributed by atoms with Crippen LogP contribution in [-0.2, 0) is 11.8 Å². The number of carbonyl (C=O) groups excluding carboxylic acids is 2. The predicted molar refractivity (Wildman–Crippen MR) is 71.9 cm³/mol. The second-order valence-corrected chi connectivity index (χ2v) is 4.11. The number of aryl methyl sites for hydroxylation is 1. The Morgan fingerprint density at radius 3 is 2.58 bits per heavy atom. The van der Waals surface area contributed by atoms with Crippen LogP contribution in [0.25, 0.3) is 0 Å². The molecule has 1 aromatic heterocycles. The Kier molecular flexibility index (Phi) is 3.61. The average molecular weight is 258 g/mol. The van der Waals surface area contributed by atoms with Crippen LogP contribution in [0.5, 0.6) is 0 Å². The number of imidazole rings is 1. The SMILES string of the molecule is CC(=O)Nc1ccccc1C(=O)Nc1cn(C)cn1. The molecule has 2 N–H and O–H groups in total. The fraction of sp³-hybridized carbons (Fsp3) is 0.154. The fourth-order valence-corrected chi connectivity index (χ4v) is 1.64. The van der Waals surface area contributed by atoms with Crippen molar-refractivity contribution in [2.24, 2.45) is 7.05 Å². The molecule has 19 heavy (non-hydrogen) atoms. The van der Waals surface area contributed by atoms with Crippen LogP contribution in [0.4, 0.5) is 11.5 Å². The summed E-state index contributed by atoms with van der Waals surface area (Å²) in [5.74, 6) is -0.0775. The molecule has 0 fully saturated rings. The monoisotopic (exact) mass is 258 g/mol. The highest BCUT2D eigenvalue weighted by Crippen LogP contribution is 2.16. The zero-order valence-electron chi connectivity index (χ0n) is 10.7. The van der Waals surface area contributed by atoms with Crippen molar-refractivity contribution in [2.75, 3.05) is 10.6 Å². The van der Waals surface area contributed by atoms with E-state index < -0.39 is 0 Å². The van der Waals surface area contributed by atoms with Gasteiger partial charge in [0.15, 0.2) is 5.82 Å². The van der Waals surface area contributed by atoms with E-state index in [-0.39, 0.29) is 11.8 Å². The molecule has 6 heteroatoms. The van der Waals surface area contributed by atoms with Crippen molar-refractivity contribution in [1.82, 2.24) is 9.55 Å². The van der Waals surface area contributed by atoms with Gasteiger partial charge in [-0.05, 0) is 12.1 Å². The molecule has 2 aromatic rings. The molecule has 2 rings (SSSR count). The molecule has 98 valence electrons. The molecule has 0 unspecified atom stereocenters. The summed E-state index contributed by atoms with van der Waals surface area (Å²) in [6.45, 7) is 1.40. The highest BCUT2D eigenvalue weighted by atomic mass is 16.2. The van der Waals surface area contributed by atoms with Crippen LogP contribution >= 0.6 is 0 Å². The van der Waals surface area contributed by atoms with Gasteiger partial charge in [-0.15, -0.1) is 0 Å². The number of benzene rings is 1. The van der Waals surface area contributed by atoms with E-state index in [1.54, 1.807) is 41.4 Å². The second-order valence-electron chi connectivity index (χ2n) is 4.11. The minimum absolute atomic E-state index is 0.224. The van der Waals surface area contributed by atoms with Crippen molar-refractivity contribution in [1.29, 1.82) is 0 Å². The quantitative estimate of drug-likeness (QED) is 0.878. The highest BCUT2D eigenvalue weighted by Gasteiger charge is 2.12. The van der Waals surface area contributed by atoms with E-state index in [0.29, 0.717) is 17.1 Å². The number of amides is 2. The van der Waals surface area contributed by atoms with E-state index >= 15 is 0 Å². The van der Waals surface area contributed by atoms with Crippen molar-refractivity contribution in [3.05, 3.63) is 42.4 Å². The molecule has 0 aliphatic rings. The van der Waals surface area contributed by atoms with Gasteiger partial charge >= 0.3 is 0 Å². The fourth-order valence-electron chi connectivity index (χ4n) is 1.64. The Bertz CT molecular complexity index is 619. The minimum atomic E-state index is -0.317. The number of hydrogen-bond acceptors (Lipinski definition) is 3.